The maximum absolute atomic E-state index is 10.9. The topological polar surface area (TPSA) is 58.6 Å². The second-order valence-electron chi connectivity index (χ2n) is 2.97. The number of hydrogen-bond donors (Lipinski definition) is 2. The quantitative estimate of drug-likeness (QED) is 0.812. The van der Waals surface area contributed by atoms with Gasteiger partial charge in [-0.15, -0.1) is 0 Å². The number of carboxylic acids is 1. The number of para-hydroxylation sites is 1. The Hall–Kier alpha value is -0.820. The summed E-state index contributed by atoms with van der Waals surface area (Å²) in [5.74, 6) is -0.920. The third-order valence-corrected chi connectivity index (χ3v) is 2.78. The van der Waals surface area contributed by atoms with E-state index in [1.54, 1.807) is 0 Å². The second-order valence-corrected chi connectivity index (χ2v) is 4.13. The van der Waals surface area contributed by atoms with Gasteiger partial charge in [-0.25, -0.2) is 4.79 Å². The number of hydrogen-bond acceptors (Lipinski definition) is 3. The van der Waals surface area contributed by atoms with Gasteiger partial charge in [0.25, 0.3) is 0 Å². The van der Waals surface area contributed by atoms with E-state index in [-0.39, 0.29) is 6.61 Å². The van der Waals surface area contributed by atoms with Crippen molar-refractivity contribution >= 4 is 34.2 Å². The molecule has 0 saturated carbocycles. The van der Waals surface area contributed by atoms with Crippen molar-refractivity contribution in [2.45, 2.75) is 6.04 Å². The molecule has 0 saturated heterocycles. The fourth-order valence-electron chi connectivity index (χ4n) is 1.11. The van der Waals surface area contributed by atoms with E-state index in [1.165, 1.54) is 7.11 Å². The maximum Gasteiger partial charge on any atom is 0.328 e. The first-order valence-corrected chi connectivity index (χ1v) is 5.46. The van der Waals surface area contributed by atoms with Gasteiger partial charge in [-0.1, -0.05) is 12.1 Å². The molecule has 1 rings (SSSR count). The molecule has 0 aliphatic rings. The first-order chi connectivity index (χ1) is 7.15. The molecule has 0 aromatic heterocycles. The first kappa shape index (κ1) is 12.3. The lowest BCUT2D eigenvalue weighted by atomic mass is 10.2. The number of carbonyl (C=O) groups is 1. The summed E-state index contributed by atoms with van der Waals surface area (Å²) >= 11 is 2.15. The Bertz CT molecular complexity index is 343. The lowest BCUT2D eigenvalue weighted by molar-refractivity contribution is -0.139. The molecule has 0 amide bonds. The number of benzene rings is 1. The monoisotopic (exact) mass is 321 g/mol. The third-order valence-electron chi connectivity index (χ3n) is 1.84. The number of ether oxygens (including phenoxy) is 1. The molecule has 2 N–H and O–H groups in total. The van der Waals surface area contributed by atoms with Crippen molar-refractivity contribution in [3.05, 3.63) is 27.8 Å². The first-order valence-electron chi connectivity index (χ1n) is 4.38. The van der Waals surface area contributed by atoms with Crippen LogP contribution in [0.4, 0.5) is 5.69 Å². The molecule has 0 bridgehead atoms. The summed E-state index contributed by atoms with van der Waals surface area (Å²) in [5, 5.41) is 11.8. The molecule has 1 atom stereocenters. The lowest BCUT2D eigenvalue weighted by Gasteiger charge is -2.15. The molecule has 5 heteroatoms. The van der Waals surface area contributed by atoms with Gasteiger partial charge in [0.2, 0.25) is 0 Å². The summed E-state index contributed by atoms with van der Waals surface area (Å²) in [5.41, 5.74) is 0.808. The molecule has 82 valence electrons. The Balaban J connectivity index is 2.74. The van der Waals surface area contributed by atoms with Gasteiger partial charge in [-0.05, 0) is 34.7 Å². The minimum Gasteiger partial charge on any atom is -0.480 e. The molecule has 4 nitrogen and oxygen atoms in total. The number of aliphatic carboxylic acids is 1. The Morgan fingerprint density at radius 1 is 1.60 bits per heavy atom. The third kappa shape index (κ3) is 3.67. The standard InChI is InChI=1S/C10H12INO3/c1-15-6-9(10(13)14)12-8-5-3-2-4-7(8)11/h2-5,9,12H,6H2,1H3,(H,13,14). The fourth-order valence-corrected chi connectivity index (χ4v) is 1.65. The average Bonchev–Trinajstić information content (AvgIpc) is 2.20. The predicted molar refractivity (Wildman–Crippen MR) is 66.1 cm³/mol. The van der Waals surface area contributed by atoms with Crippen LogP contribution in [0.2, 0.25) is 0 Å². The summed E-state index contributed by atoms with van der Waals surface area (Å²) in [7, 11) is 1.48. The van der Waals surface area contributed by atoms with Crippen LogP contribution in [0, 0.1) is 3.57 Å². The highest BCUT2D eigenvalue weighted by Gasteiger charge is 2.17. The second kappa shape index (κ2) is 5.92. The fraction of sp³-hybridized carbons (Fsp3) is 0.300. The molecule has 0 radical (unpaired) electrons. The van der Waals surface area contributed by atoms with Crippen LogP contribution >= 0.6 is 22.6 Å². The summed E-state index contributed by atoms with van der Waals surface area (Å²) in [6.07, 6.45) is 0. The number of rotatable bonds is 5. The van der Waals surface area contributed by atoms with Crippen LogP contribution < -0.4 is 5.32 Å². The van der Waals surface area contributed by atoms with Crippen LogP contribution in [0.15, 0.2) is 24.3 Å². The zero-order chi connectivity index (χ0) is 11.3. The van der Waals surface area contributed by atoms with Crippen LogP contribution in [-0.4, -0.2) is 30.8 Å². The molecule has 0 heterocycles. The molecular formula is C10H12INO3. The Morgan fingerprint density at radius 2 is 2.27 bits per heavy atom. The molecule has 0 spiro atoms. The Morgan fingerprint density at radius 3 is 2.80 bits per heavy atom. The van der Waals surface area contributed by atoms with Gasteiger partial charge in [0, 0.05) is 16.4 Å². The van der Waals surface area contributed by atoms with Crippen molar-refractivity contribution in [3.8, 4) is 0 Å². The van der Waals surface area contributed by atoms with E-state index in [1.807, 2.05) is 24.3 Å². The van der Waals surface area contributed by atoms with E-state index < -0.39 is 12.0 Å². The van der Waals surface area contributed by atoms with Crippen LogP contribution in [0.25, 0.3) is 0 Å². The van der Waals surface area contributed by atoms with Gasteiger partial charge in [0.15, 0.2) is 0 Å². The number of methoxy groups -OCH3 is 1. The molecule has 1 unspecified atom stereocenters. The van der Waals surface area contributed by atoms with Gasteiger partial charge < -0.3 is 15.2 Å². The number of halogens is 1. The number of anilines is 1. The Labute approximate surface area is 102 Å². The highest BCUT2D eigenvalue weighted by molar-refractivity contribution is 14.1. The average molecular weight is 321 g/mol. The molecule has 0 fully saturated rings. The van der Waals surface area contributed by atoms with E-state index in [2.05, 4.69) is 27.9 Å². The predicted octanol–water partition coefficient (Wildman–Crippen LogP) is 1.80. The number of carboxylic acid groups (broad SMARTS) is 1. The molecule has 15 heavy (non-hydrogen) atoms. The smallest absolute Gasteiger partial charge is 0.328 e. The summed E-state index contributed by atoms with van der Waals surface area (Å²) in [6, 6.07) is 6.79. The van der Waals surface area contributed by atoms with Crippen molar-refractivity contribution in [3.63, 3.8) is 0 Å². The normalized spacial score (nSPS) is 12.1. The highest BCUT2D eigenvalue weighted by Crippen LogP contribution is 2.17. The van der Waals surface area contributed by atoms with E-state index in [0.29, 0.717) is 0 Å². The van der Waals surface area contributed by atoms with Crippen LogP contribution in [0.1, 0.15) is 0 Å². The zero-order valence-corrected chi connectivity index (χ0v) is 10.4. The van der Waals surface area contributed by atoms with Crippen LogP contribution in [-0.2, 0) is 9.53 Å². The summed E-state index contributed by atoms with van der Waals surface area (Å²) in [4.78, 5) is 10.9. The lowest BCUT2D eigenvalue weighted by Crippen LogP contribution is -2.33. The van der Waals surface area contributed by atoms with Crippen molar-refractivity contribution in [1.29, 1.82) is 0 Å². The van der Waals surface area contributed by atoms with Crippen molar-refractivity contribution in [2.24, 2.45) is 0 Å². The molecular weight excluding hydrogens is 309 g/mol. The van der Waals surface area contributed by atoms with Gasteiger partial charge in [-0.3, -0.25) is 0 Å². The van der Waals surface area contributed by atoms with Gasteiger partial charge in [0.1, 0.15) is 6.04 Å². The van der Waals surface area contributed by atoms with Crippen molar-refractivity contribution in [1.82, 2.24) is 0 Å². The van der Waals surface area contributed by atoms with Gasteiger partial charge in [0.05, 0.1) is 6.61 Å². The van der Waals surface area contributed by atoms with Crippen LogP contribution in [0.5, 0.6) is 0 Å². The molecule has 0 aliphatic heterocycles. The summed E-state index contributed by atoms with van der Waals surface area (Å²) in [6.45, 7) is 0.139. The van der Waals surface area contributed by atoms with E-state index >= 15 is 0 Å². The molecule has 1 aromatic carbocycles. The highest BCUT2D eigenvalue weighted by atomic mass is 127. The minimum atomic E-state index is -0.920. The maximum atomic E-state index is 10.9. The van der Waals surface area contributed by atoms with E-state index in [9.17, 15) is 4.79 Å². The number of nitrogens with one attached hydrogen (secondary N) is 1. The zero-order valence-electron chi connectivity index (χ0n) is 8.24. The Kier molecular flexibility index (Phi) is 4.83. The molecule has 1 aromatic rings. The largest absolute Gasteiger partial charge is 0.480 e. The minimum absolute atomic E-state index is 0.139. The molecule has 0 aliphatic carbocycles. The SMILES string of the molecule is COCC(Nc1ccccc1I)C(=O)O. The van der Waals surface area contributed by atoms with E-state index in [0.717, 1.165) is 9.26 Å². The van der Waals surface area contributed by atoms with Gasteiger partial charge >= 0.3 is 5.97 Å². The summed E-state index contributed by atoms with van der Waals surface area (Å²) < 4.78 is 5.82. The van der Waals surface area contributed by atoms with Gasteiger partial charge in [-0.2, -0.15) is 0 Å². The van der Waals surface area contributed by atoms with E-state index in [4.69, 9.17) is 9.84 Å². The van der Waals surface area contributed by atoms with Crippen molar-refractivity contribution in [2.75, 3.05) is 19.0 Å². The van der Waals surface area contributed by atoms with Crippen molar-refractivity contribution < 1.29 is 14.6 Å². The van der Waals surface area contributed by atoms with Crippen LogP contribution in [0.3, 0.4) is 0 Å².